The molecule has 64 valence electrons. The first-order valence-electron chi connectivity index (χ1n) is 4.19. The summed E-state index contributed by atoms with van der Waals surface area (Å²) in [5, 5.41) is 0. The van der Waals surface area contributed by atoms with Gasteiger partial charge in [-0.15, -0.1) is 0 Å². The van der Waals surface area contributed by atoms with E-state index in [9.17, 15) is 0 Å². The molecule has 11 heavy (non-hydrogen) atoms. The minimum Gasteiger partial charge on any atom is -0.261 e. The van der Waals surface area contributed by atoms with Crippen LogP contribution in [0.25, 0.3) is 0 Å². The quantitative estimate of drug-likeness (QED) is 0.650. The second-order valence-corrected chi connectivity index (χ2v) is 3.25. The van der Waals surface area contributed by atoms with Crippen molar-refractivity contribution in [1.29, 1.82) is 0 Å². The van der Waals surface area contributed by atoms with Gasteiger partial charge >= 0.3 is 0 Å². The Labute approximate surface area is 71.4 Å². The van der Waals surface area contributed by atoms with Crippen molar-refractivity contribution in [2.75, 3.05) is 0 Å². The molecular formula is C10H19N. The van der Waals surface area contributed by atoms with Gasteiger partial charge in [0, 0.05) is 14.7 Å². The van der Waals surface area contributed by atoms with Crippen molar-refractivity contribution in [3.05, 3.63) is 30.1 Å². The molecule has 1 aromatic rings. The summed E-state index contributed by atoms with van der Waals surface area (Å²) in [7, 11) is 0. The molecule has 1 rings (SSSR count). The lowest BCUT2D eigenvalue weighted by Crippen LogP contribution is -1.93. The van der Waals surface area contributed by atoms with Gasteiger partial charge in [0.2, 0.25) is 0 Å². The third kappa shape index (κ3) is 3.17. The molecular weight excluding hydrogens is 134 g/mol. The second-order valence-electron chi connectivity index (χ2n) is 3.25. The van der Waals surface area contributed by atoms with E-state index in [4.69, 9.17) is 0 Å². The highest BCUT2D eigenvalue weighted by molar-refractivity contribution is 5.03. The molecule has 1 nitrogen and oxygen atoms in total. The Kier molecular flexibility index (Phi) is 3.09. The Morgan fingerprint density at radius 2 is 2.27 bits per heavy atom. The maximum Gasteiger partial charge on any atom is 0.0403 e. The normalized spacial score (nSPS) is 10.5. The topological polar surface area (TPSA) is 12.9 Å². The van der Waals surface area contributed by atoms with Crippen molar-refractivity contribution in [2.24, 2.45) is 5.92 Å². The molecule has 0 aliphatic heterocycles. The molecule has 0 saturated carbocycles. The molecule has 0 aliphatic rings. The van der Waals surface area contributed by atoms with E-state index in [-0.39, 0.29) is 2.85 Å². The summed E-state index contributed by atoms with van der Waals surface area (Å²) in [4.78, 5) is 4.25. The maximum atomic E-state index is 4.25. The number of aryl methyl sites for hydroxylation is 1. The van der Waals surface area contributed by atoms with E-state index in [1.54, 1.807) is 0 Å². The summed E-state index contributed by atoms with van der Waals surface area (Å²) in [5.74, 6) is 0.775. The summed E-state index contributed by atoms with van der Waals surface area (Å²) in [6.45, 7) is 4.48. The van der Waals surface area contributed by atoms with Gasteiger partial charge < -0.3 is 0 Å². The van der Waals surface area contributed by atoms with E-state index in [2.05, 4.69) is 24.9 Å². The molecule has 1 heteroatoms. The fraction of sp³-hybridized carbons (Fsp3) is 0.500. The Morgan fingerprint density at radius 1 is 1.45 bits per heavy atom. The first-order chi connectivity index (χ1) is 5.29. The molecule has 0 fully saturated rings. The van der Waals surface area contributed by atoms with Crippen molar-refractivity contribution >= 4 is 0 Å². The van der Waals surface area contributed by atoms with E-state index < -0.39 is 0 Å². The first-order valence-corrected chi connectivity index (χ1v) is 4.19. The zero-order valence-electron chi connectivity index (χ0n) is 7.25. The van der Waals surface area contributed by atoms with Crippen LogP contribution >= 0.6 is 0 Å². The molecule has 0 bridgehead atoms. The molecule has 0 unspecified atom stereocenters. The van der Waals surface area contributed by atoms with Gasteiger partial charge in [0.25, 0.3) is 0 Å². The molecule has 1 aromatic heterocycles. The third-order valence-electron chi connectivity index (χ3n) is 1.70. The van der Waals surface area contributed by atoms with Crippen molar-refractivity contribution in [3.8, 4) is 0 Å². The van der Waals surface area contributed by atoms with Crippen LogP contribution in [0.15, 0.2) is 24.4 Å². The van der Waals surface area contributed by atoms with Gasteiger partial charge in [-0.25, -0.2) is 0 Å². The van der Waals surface area contributed by atoms with E-state index in [1.165, 1.54) is 12.1 Å². The first kappa shape index (κ1) is 8.25. The van der Waals surface area contributed by atoms with E-state index in [0.717, 1.165) is 12.3 Å². The zero-order valence-corrected chi connectivity index (χ0v) is 7.25. The van der Waals surface area contributed by atoms with Crippen LogP contribution in [0, 0.1) is 5.92 Å². The SMILES string of the molecule is CC(C)CCc1ccccn1.[HH].[HH]. The van der Waals surface area contributed by atoms with Crippen LogP contribution in [0.3, 0.4) is 0 Å². The Hall–Kier alpha value is -0.850. The van der Waals surface area contributed by atoms with Crippen LogP contribution in [-0.2, 0) is 6.42 Å². The van der Waals surface area contributed by atoms with E-state index in [1.807, 2.05) is 18.3 Å². The lowest BCUT2D eigenvalue weighted by molar-refractivity contribution is 0.581. The van der Waals surface area contributed by atoms with Crippen LogP contribution in [0.5, 0.6) is 0 Å². The van der Waals surface area contributed by atoms with Gasteiger partial charge in [0.1, 0.15) is 0 Å². The Bertz CT molecular complexity index is 199. The van der Waals surface area contributed by atoms with Gasteiger partial charge in [-0.2, -0.15) is 0 Å². The van der Waals surface area contributed by atoms with Crippen molar-refractivity contribution in [3.63, 3.8) is 0 Å². The van der Waals surface area contributed by atoms with Gasteiger partial charge in [0.15, 0.2) is 0 Å². The standard InChI is InChI=1S/C10H15N.2H2/c1-9(2)6-7-10-5-3-4-8-11-10;;/h3-5,8-9H,6-7H2,1-2H3;2*1H. The number of nitrogens with zero attached hydrogens (tertiary/aromatic N) is 1. The largest absolute Gasteiger partial charge is 0.261 e. The van der Waals surface area contributed by atoms with Crippen molar-refractivity contribution < 1.29 is 2.85 Å². The smallest absolute Gasteiger partial charge is 0.0403 e. The summed E-state index contributed by atoms with van der Waals surface area (Å²) in [6, 6.07) is 6.09. The van der Waals surface area contributed by atoms with Gasteiger partial charge in [-0.1, -0.05) is 19.9 Å². The molecule has 0 saturated heterocycles. The average Bonchev–Trinajstić information content (AvgIpc) is 2.03. The predicted octanol–water partition coefficient (Wildman–Crippen LogP) is 3.16. The second kappa shape index (κ2) is 4.12. The fourth-order valence-corrected chi connectivity index (χ4v) is 0.983. The predicted molar refractivity (Wildman–Crippen MR) is 51.6 cm³/mol. The van der Waals surface area contributed by atoms with Gasteiger partial charge in [-0.3, -0.25) is 4.98 Å². The minimum absolute atomic E-state index is 0. The molecule has 0 aromatic carbocycles. The van der Waals surface area contributed by atoms with E-state index >= 15 is 0 Å². The van der Waals surface area contributed by atoms with Crippen LogP contribution in [0.2, 0.25) is 0 Å². The highest BCUT2D eigenvalue weighted by atomic mass is 14.7. The molecule has 0 atom stereocenters. The third-order valence-corrected chi connectivity index (χ3v) is 1.70. The average molecular weight is 153 g/mol. The summed E-state index contributed by atoms with van der Waals surface area (Å²) in [6.07, 6.45) is 4.20. The number of rotatable bonds is 3. The molecule has 0 N–H and O–H groups in total. The minimum atomic E-state index is 0. The Morgan fingerprint density at radius 3 is 2.82 bits per heavy atom. The molecule has 0 aliphatic carbocycles. The summed E-state index contributed by atoms with van der Waals surface area (Å²) >= 11 is 0. The summed E-state index contributed by atoms with van der Waals surface area (Å²) < 4.78 is 0. The highest BCUT2D eigenvalue weighted by Crippen LogP contribution is 2.05. The fourth-order valence-electron chi connectivity index (χ4n) is 0.983. The summed E-state index contributed by atoms with van der Waals surface area (Å²) in [5.41, 5.74) is 1.21. The van der Waals surface area contributed by atoms with Gasteiger partial charge in [-0.05, 0) is 30.9 Å². The highest BCUT2D eigenvalue weighted by Gasteiger charge is 1.95. The lowest BCUT2D eigenvalue weighted by Gasteiger charge is -2.02. The maximum absolute atomic E-state index is 4.25. The van der Waals surface area contributed by atoms with Crippen LogP contribution in [0.4, 0.5) is 0 Å². The number of hydrogen-bond donors (Lipinski definition) is 0. The number of hydrogen-bond acceptors (Lipinski definition) is 1. The monoisotopic (exact) mass is 153 g/mol. The zero-order chi connectivity index (χ0) is 8.10. The van der Waals surface area contributed by atoms with Crippen LogP contribution in [0.1, 0.15) is 28.8 Å². The molecule has 0 amide bonds. The Balaban J connectivity index is 0. The van der Waals surface area contributed by atoms with Crippen LogP contribution in [-0.4, -0.2) is 4.98 Å². The lowest BCUT2D eigenvalue weighted by atomic mass is 10.1. The van der Waals surface area contributed by atoms with E-state index in [0.29, 0.717) is 0 Å². The molecule has 0 spiro atoms. The number of aromatic nitrogens is 1. The van der Waals surface area contributed by atoms with Gasteiger partial charge in [0.05, 0.1) is 0 Å². The molecule has 1 heterocycles. The number of pyridine rings is 1. The van der Waals surface area contributed by atoms with Crippen LogP contribution < -0.4 is 0 Å². The molecule has 0 radical (unpaired) electrons. The van der Waals surface area contributed by atoms with Crippen molar-refractivity contribution in [2.45, 2.75) is 26.7 Å². The van der Waals surface area contributed by atoms with Crippen molar-refractivity contribution in [1.82, 2.24) is 4.98 Å².